The number of hydrogen-bond acceptors (Lipinski definition) is 4. The molecular formula is C23H28N4O2. The standard InChI is InChI=1S/C23H28N4O2/c1-17-22(18(2)27(25-17)19-10-5-3-6-11-19)23(28)24-16-20(21-12-9-15-29-21)26-13-7-4-8-14-26/h3,5-6,9-12,15,20H,4,7-8,13-14,16H2,1-2H3,(H,24,28). The number of carbonyl (C=O) groups excluding carboxylic acids is 1. The van der Waals surface area contributed by atoms with Crippen molar-refractivity contribution < 1.29 is 9.21 Å². The number of hydrogen-bond donors (Lipinski definition) is 1. The second kappa shape index (κ2) is 8.66. The first-order chi connectivity index (χ1) is 14.1. The molecule has 0 aliphatic carbocycles. The average molecular weight is 393 g/mol. The SMILES string of the molecule is Cc1nn(-c2ccccc2)c(C)c1C(=O)NCC(c1ccco1)N1CCCCC1. The number of amides is 1. The van der Waals surface area contributed by atoms with E-state index in [9.17, 15) is 4.79 Å². The Morgan fingerprint density at radius 2 is 1.86 bits per heavy atom. The fourth-order valence-electron chi connectivity index (χ4n) is 4.19. The van der Waals surface area contributed by atoms with Gasteiger partial charge in [-0.15, -0.1) is 0 Å². The molecule has 6 heteroatoms. The second-order valence-corrected chi connectivity index (χ2v) is 7.63. The summed E-state index contributed by atoms with van der Waals surface area (Å²) < 4.78 is 7.52. The molecule has 1 unspecified atom stereocenters. The third-order valence-electron chi connectivity index (χ3n) is 5.68. The van der Waals surface area contributed by atoms with Crippen molar-refractivity contribution in [2.45, 2.75) is 39.2 Å². The zero-order chi connectivity index (χ0) is 20.2. The van der Waals surface area contributed by atoms with Crippen LogP contribution in [0.2, 0.25) is 0 Å². The van der Waals surface area contributed by atoms with E-state index in [1.807, 2.05) is 61.0 Å². The van der Waals surface area contributed by atoms with Crippen molar-refractivity contribution in [1.29, 1.82) is 0 Å². The molecule has 1 aliphatic rings. The fraction of sp³-hybridized carbons (Fsp3) is 0.391. The highest BCUT2D eigenvalue weighted by atomic mass is 16.3. The number of aryl methyl sites for hydroxylation is 1. The topological polar surface area (TPSA) is 63.3 Å². The van der Waals surface area contributed by atoms with Crippen LogP contribution in [0.15, 0.2) is 53.1 Å². The van der Waals surface area contributed by atoms with Gasteiger partial charge in [-0.2, -0.15) is 5.10 Å². The van der Waals surface area contributed by atoms with Crippen LogP contribution in [0.3, 0.4) is 0 Å². The van der Waals surface area contributed by atoms with Crippen molar-refractivity contribution in [3.63, 3.8) is 0 Å². The molecule has 3 heterocycles. The Kier molecular flexibility index (Phi) is 5.81. The number of benzene rings is 1. The summed E-state index contributed by atoms with van der Waals surface area (Å²) in [7, 11) is 0. The van der Waals surface area contributed by atoms with Gasteiger partial charge in [-0.3, -0.25) is 9.69 Å². The minimum atomic E-state index is -0.0873. The van der Waals surface area contributed by atoms with Crippen LogP contribution in [0.1, 0.15) is 52.8 Å². The zero-order valence-electron chi connectivity index (χ0n) is 17.1. The first-order valence-electron chi connectivity index (χ1n) is 10.3. The Balaban J connectivity index is 1.52. The lowest BCUT2D eigenvalue weighted by Gasteiger charge is -2.33. The number of para-hydroxylation sites is 1. The highest BCUT2D eigenvalue weighted by molar-refractivity contribution is 5.96. The summed E-state index contributed by atoms with van der Waals surface area (Å²) in [5.74, 6) is 0.816. The van der Waals surface area contributed by atoms with E-state index in [0.717, 1.165) is 35.9 Å². The van der Waals surface area contributed by atoms with Crippen LogP contribution in [0.5, 0.6) is 0 Å². The molecule has 1 aliphatic heterocycles. The number of rotatable bonds is 6. The molecule has 3 aromatic rings. The summed E-state index contributed by atoms with van der Waals surface area (Å²) in [6, 6.07) is 13.9. The number of aromatic nitrogens is 2. The van der Waals surface area contributed by atoms with Gasteiger partial charge in [0.05, 0.1) is 34.9 Å². The van der Waals surface area contributed by atoms with E-state index in [1.54, 1.807) is 6.26 Å². The second-order valence-electron chi connectivity index (χ2n) is 7.63. The third kappa shape index (κ3) is 4.12. The van der Waals surface area contributed by atoms with Gasteiger partial charge in [0.2, 0.25) is 0 Å². The normalized spacial score (nSPS) is 15.9. The van der Waals surface area contributed by atoms with E-state index in [1.165, 1.54) is 19.3 Å². The predicted octanol–water partition coefficient (Wildman–Crippen LogP) is 4.04. The van der Waals surface area contributed by atoms with Crippen LogP contribution in [0.4, 0.5) is 0 Å². The lowest BCUT2D eigenvalue weighted by molar-refractivity contribution is 0.0913. The molecule has 1 fully saturated rings. The number of nitrogens with zero attached hydrogens (tertiary/aromatic N) is 3. The number of nitrogens with one attached hydrogen (secondary N) is 1. The van der Waals surface area contributed by atoms with Crippen LogP contribution in [0, 0.1) is 13.8 Å². The van der Waals surface area contributed by atoms with Crippen molar-refractivity contribution in [2.24, 2.45) is 0 Å². The number of likely N-dealkylation sites (tertiary alicyclic amines) is 1. The lowest BCUT2D eigenvalue weighted by atomic mass is 10.1. The van der Waals surface area contributed by atoms with E-state index < -0.39 is 0 Å². The molecular weight excluding hydrogens is 364 g/mol. The Hall–Kier alpha value is -2.86. The highest BCUT2D eigenvalue weighted by Gasteiger charge is 2.26. The van der Waals surface area contributed by atoms with Gasteiger partial charge in [0.25, 0.3) is 5.91 Å². The minimum absolute atomic E-state index is 0.0547. The van der Waals surface area contributed by atoms with Gasteiger partial charge in [0.15, 0.2) is 0 Å². The zero-order valence-corrected chi connectivity index (χ0v) is 17.1. The average Bonchev–Trinajstić information content (AvgIpc) is 3.38. The van der Waals surface area contributed by atoms with Crippen molar-refractivity contribution in [2.75, 3.05) is 19.6 Å². The molecule has 29 heavy (non-hydrogen) atoms. The van der Waals surface area contributed by atoms with Gasteiger partial charge >= 0.3 is 0 Å². The molecule has 1 aromatic carbocycles. The smallest absolute Gasteiger partial charge is 0.255 e. The molecule has 6 nitrogen and oxygen atoms in total. The number of carbonyl (C=O) groups is 1. The Labute approximate surface area is 171 Å². The molecule has 1 saturated heterocycles. The summed E-state index contributed by atoms with van der Waals surface area (Å²) in [5, 5.41) is 7.73. The maximum absolute atomic E-state index is 13.1. The molecule has 0 bridgehead atoms. The van der Waals surface area contributed by atoms with Gasteiger partial charge < -0.3 is 9.73 Å². The van der Waals surface area contributed by atoms with Crippen molar-refractivity contribution in [1.82, 2.24) is 20.0 Å². The Morgan fingerprint density at radius 1 is 1.10 bits per heavy atom. The highest BCUT2D eigenvalue weighted by Crippen LogP contribution is 2.25. The summed E-state index contributed by atoms with van der Waals surface area (Å²) >= 11 is 0. The van der Waals surface area contributed by atoms with E-state index >= 15 is 0 Å². The molecule has 152 valence electrons. The van der Waals surface area contributed by atoms with E-state index in [-0.39, 0.29) is 11.9 Å². The maximum Gasteiger partial charge on any atom is 0.255 e. The molecule has 4 rings (SSSR count). The lowest BCUT2D eigenvalue weighted by Crippen LogP contribution is -2.40. The molecule has 1 amide bonds. The molecule has 0 spiro atoms. The van der Waals surface area contributed by atoms with Crippen LogP contribution in [-0.4, -0.2) is 40.2 Å². The Morgan fingerprint density at radius 3 is 2.55 bits per heavy atom. The maximum atomic E-state index is 13.1. The predicted molar refractivity (Wildman–Crippen MR) is 112 cm³/mol. The first kappa shape index (κ1) is 19.5. The molecule has 0 radical (unpaired) electrons. The summed E-state index contributed by atoms with van der Waals surface area (Å²) in [4.78, 5) is 15.5. The monoisotopic (exact) mass is 392 g/mol. The minimum Gasteiger partial charge on any atom is -0.468 e. The van der Waals surface area contributed by atoms with Gasteiger partial charge in [-0.05, 0) is 64.0 Å². The Bertz CT molecular complexity index is 941. The fourth-order valence-corrected chi connectivity index (χ4v) is 4.19. The third-order valence-corrected chi connectivity index (χ3v) is 5.68. The quantitative estimate of drug-likeness (QED) is 0.688. The summed E-state index contributed by atoms with van der Waals surface area (Å²) in [5.41, 5.74) is 3.18. The first-order valence-corrected chi connectivity index (χ1v) is 10.3. The van der Waals surface area contributed by atoms with Crippen molar-refractivity contribution >= 4 is 5.91 Å². The van der Waals surface area contributed by atoms with Gasteiger partial charge in [-0.1, -0.05) is 24.6 Å². The van der Waals surface area contributed by atoms with Gasteiger partial charge in [0.1, 0.15) is 5.76 Å². The van der Waals surface area contributed by atoms with Crippen LogP contribution in [0.25, 0.3) is 5.69 Å². The summed E-state index contributed by atoms with van der Waals surface area (Å²) in [6.07, 6.45) is 5.34. The molecule has 2 aromatic heterocycles. The van der Waals surface area contributed by atoms with Crippen LogP contribution >= 0.6 is 0 Å². The van der Waals surface area contributed by atoms with Gasteiger partial charge in [-0.25, -0.2) is 4.68 Å². The largest absolute Gasteiger partial charge is 0.468 e. The van der Waals surface area contributed by atoms with Crippen LogP contribution < -0.4 is 5.32 Å². The molecule has 0 saturated carbocycles. The van der Waals surface area contributed by atoms with Gasteiger partial charge in [0, 0.05) is 6.54 Å². The van der Waals surface area contributed by atoms with Crippen molar-refractivity contribution in [3.8, 4) is 5.69 Å². The summed E-state index contributed by atoms with van der Waals surface area (Å²) in [6.45, 7) is 6.41. The van der Waals surface area contributed by atoms with Crippen LogP contribution in [-0.2, 0) is 0 Å². The van der Waals surface area contributed by atoms with E-state index in [0.29, 0.717) is 12.1 Å². The van der Waals surface area contributed by atoms with Crippen molar-refractivity contribution in [3.05, 3.63) is 71.4 Å². The number of furan rings is 1. The molecule has 1 atom stereocenters. The van der Waals surface area contributed by atoms with E-state index in [4.69, 9.17) is 4.42 Å². The molecule has 1 N–H and O–H groups in total. The number of piperidine rings is 1. The van der Waals surface area contributed by atoms with E-state index in [2.05, 4.69) is 15.3 Å².